The molecule has 2 aromatic rings. The standard InChI is InChI=1S/C11H13N3.2ClH/c1-9(12)10-2-4-11(5-3-10)14-7-6-13-8-14;;/h2-9H,12H2,1H3;2*1H/t9-;;/m1../s1. The van der Waals surface area contributed by atoms with E-state index in [2.05, 4.69) is 4.98 Å². The van der Waals surface area contributed by atoms with Crippen LogP contribution in [0.5, 0.6) is 0 Å². The van der Waals surface area contributed by atoms with E-state index in [1.165, 1.54) is 0 Å². The number of imidazole rings is 1. The zero-order valence-electron chi connectivity index (χ0n) is 8.91. The van der Waals surface area contributed by atoms with E-state index < -0.39 is 0 Å². The lowest BCUT2D eigenvalue weighted by Crippen LogP contribution is -2.04. The molecule has 0 spiro atoms. The summed E-state index contributed by atoms with van der Waals surface area (Å²) in [6, 6.07) is 8.26. The molecule has 0 fully saturated rings. The van der Waals surface area contributed by atoms with E-state index in [-0.39, 0.29) is 30.9 Å². The number of hydrogen-bond donors (Lipinski definition) is 1. The van der Waals surface area contributed by atoms with E-state index >= 15 is 0 Å². The van der Waals surface area contributed by atoms with E-state index in [1.807, 2.05) is 42.0 Å². The topological polar surface area (TPSA) is 43.8 Å². The van der Waals surface area contributed by atoms with Crippen LogP contribution in [0.1, 0.15) is 18.5 Å². The summed E-state index contributed by atoms with van der Waals surface area (Å²) in [5.41, 5.74) is 8.01. The summed E-state index contributed by atoms with van der Waals surface area (Å²) < 4.78 is 1.96. The number of hydrogen-bond acceptors (Lipinski definition) is 2. The molecular formula is C11H15Cl2N3. The van der Waals surface area contributed by atoms with Crippen LogP contribution in [0, 0.1) is 0 Å². The van der Waals surface area contributed by atoms with Crippen molar-refractivity contribution in [1.82, 2.24) is 9.55 Å². The molecule has 1 heterocycles. The van der Waals surface area contributed by atoms with Crippen LogP contribution in [0.25, 0.3) is 5.69 Å². The van der Waals surface area contributed by atoms with E-state index in [4.69, 9.17) is 5.73 Å². The average Bonchev–Trinajstić information content (AvgIpc) is 2.71. The van der Waals surface area contributed by atoms with E-state index in [0.717, 1.165) is 11.3 Å². The summed E-state index contributed by atoms with van der Waals surface area (Å²) in [4.78, 5) is 3.99. The highest BCUT2D eigenvalue weighted by Crippen LogP contribution is 2.13. The van der Waals surface area contributed by atoms with Crippen LogP contribution < -0.4 is 5.73 Å². The third kappa shape index (κ3) is 3.23. The lowest BCUT2D eigenvalue weighted by Gasteiger charge is -2.07. The van der Waals surface area contributed by atoms with Crippen molar-refractivity contribution in [3.8, 4) is 5.69 Å². The highest BCUT2D eigenvalue weighted by Gasteiger charge is 1.99. The van der Waals surface area contributed by atoms with Gasteiger partial charge >= 0.3 is 0 Å². The Labute approximate surface area is 108 Å². The molecule has 16 heavy (non-hydrogen) atoms. The second-order valence-electron chi connectivity index (χ2n) is 3.35. The minimum atomic E-state index is 0. The summed E-state index contributed by atoms with van der Waals surface area (Å²) in [5, 5.41) is 0. The molecule has 0 saturated carbocycles. The summed E-state index contributed by atoms with van der Waals surface area (Å²) in [6.07, 6.45) is 5.46. The highest BCUT2D eigenvalue weighted by molar-refractivity contribution is 5.85. The van der Waals surface area contributed by atoms with Gasteiger partial charge in [-0.05, 0) is 24.6 Å². The van der Waals surface area contributed by atoms with Crippen molar-refractivity contribution in [3.63, 3.8) is 0 Å². The fraction of sp³-hybridized carbons (Fsp3) is 0.182. The maximum Gasteiger partial charge on any atom is 0.0991 e. The molecule has 0 radical (unpaired) electrons. The Morgan fingerprint density at radius 2 is 1.81 bits per heavy atom. The van der Waals surface area contributed by atoms with E-state index in [1.54, 1.807) is 12.5 Å². The Kier molecular flexibility index (Phi) is 6.11. The maximum absolute atomic E-state index is 5.76. The quantitative estimate of drug-likeness (QED) is 0.902. The van der Waals surface area contributed by atoms with Gasteiger partial charge in [-0.15, -0.1) is 24.8 Å². The van der Waals surface area contributed by atoms with Gasteiger partial charge in [0.05, 0.1) is 6.33 Å². The molecule has 5 heteroatoms. The fourth-order valence-corrected chi connectivity index (χ4v) is 1.36. The van der Waals surface area contributed by atoms with Crippen molar-refractivity contribution in [1.29, 1.82) is 0 Å². The van der Waals surface area contributed by atoms with Gasteiger partial charge in [0.25, 0.3) is 0 Å². The summed E-state index contributed by atoms with van der Waals surface area (Å²) >= 11 is 0. The molecular weight excluding hydrogens is 245 g/mol. The van der Waals surface area contributed by atoms with Crippen molar-refractivity contribution in [2.45, 2.75) is 13.0 Å². The molecule has 88 valence electrons. The third-order valence-electron chi connectivity index (χ3n) is 2.22. The van der Waals surface area contributed by atoms with E-state index in [9.17, 15) is 0 Å². The first-order valence-corrected chi connectivity index (χ1v) is 4.61. The van der Waals surface area contributed by atoms with Gasteiger partial charge < -0.3 is 10.3 Å². The van der Waals surface area contributed by atoms with Gasteiger partial charge in [-0.3, -0.25) is 0 Å². The largest absolute Gasteiger partial charge is 0.324 e. The number of aromatic nitrogens is 2. The molecule has 0 aliphatic carbocycles. The second-order valence-corrected chi connectivity index (χ2v) is 3.35. The van der Waals surface area contributed by atoms with Crippen LogP contribution in [0.15, 0.2) is 43.0 Å². The number of nitrogens with two attached hydrogens (primary N) is 1. The van der Waals surface area contributed by atoms with Crippen molar-refractivity contribution in [2.24, 2.45) is 5.73 Å². The molecule has 0 aliphatic rings. The smallest absolute Gasteiger partial charge is 0.0991 e. The Hall–Kier alpha value is -1.03. The monoisotopic (exact) mass is 259 g/mol. The van der Waals surface area contributed by atoms with Crippen molar-refractivity contribution >= 4 is 24.8 Å². The van der Waals surface area contributed by atoms with Gasteiger partial charge in [0.15, 0.2) is 0 Å². The lowest BCUT2D eigenvalue weighted by molar-refractivity contribution is 0.817. The summed E-state index contributed by atoms with van der Waals surface area (Å²) in [5.74, 6) is 0. The normalized spacial score (nSPS) is 11.1. The zero-order valence-corrected chi connectivity index (χ0v) is 10.5. The molecule has 0 unspecified atom stereocenters. The number of nitrogens with zero attached hydrogens (tertiary/aromatic N) is 2. The van der Waals surface area contributed by atoms with Crippen molar-refractivity contribution in [3.05, 3.63) is 48.5 Å². The first-order valence-electron chi connectivity index (χ1n) is 4.61. The summed E-state index contributed by atoms with van der Waals surface area (Å²) in [7, 11) is 0. The Bertz CT molecular complexity index is 396. The number of halogens is 2. The fourth-order valence-electron chi connectivity index (χ4n) is 1.36. The molecule has 3 nitrogen and oxygen atoms in total. The Morgan fingerprint density at radius 3 is 2.25 bits per heavy atom. The molecule has 1 aromatic carbocycles. The van der Waals surface area contributed by atoms with Crippen molar-refractivity contribution in [2.75, 3.05) is 0 Å². The number of rotatable bonds is 2. The molecule has 1 atom stereocenters. The van der Waals surface area contributed by atoms with Gasteiger partial charge in [-0.2, -0.15) is 0 Å². The molecule has 2 N–H and O–H groups in total. The first-order chi connectivity index (χ1) is 6.77. The Morgan fingerprint density at radius 1 is 1.19 bits per heavy atom. The van der Waals surface area contributed by atoms with Crippen LogP contribution in [0.4, 0.5) is 0 Å². The van der Waals surface area contributed by atoms with Crippen LogP contribution in [-0.2, 0) is 0 Å². The van der Waals surface area contributed by atoms with E-state index in [0.29, 0.717) is 0 Å². The van der Waals surface area contributed by atoms with Gasteiger partial charge in [0, 0.05) is 24.1 Å². The SMILES string of the molecule is C[C@@H](N)c1ccc(-n2ccnc2)cc1.Cl.Cl. The lowest BCUT2D eigenvalue weighted by atomic mass is 10.1. The molecule has 2 rings (SSSR count). The zero-order chi connectivity index (χ0) is 9.97. The predicted octanol–water partition coefficient (Wildman–Crippen LogP) is 2.74. The molecule has 0 aliphatic heterocycles. The average molecular weight is 260 g/mol. The predicted molar refractivity (Wildman–Crippen MR) is 70.7 cm³/mol. The third-order valence-corrected chi connectivity index (χ3v) is 2.22. The van der Waals surface area contributed by atoms with Crippen LogP contribution in [-0.4, -0.2) is 9.55 Å². The minimum Gasteiger partial charge on any atom is -0.324 e. The molecule has 0 bridgehead atoms. The number of benzene rings is 1. The molecule has 1 aromatic heterocycles. The second kappa shape index (κ2) is 6.53. The van der Waals surface area contributed by atoms with Gasteiger partial charge in [0.1, 0.15) is 0 Å². The van der Waals surface area contributed by atoms with Crippen molar-refractivity contribution < 1.29 is 0 Å². The first kappa shape index (κ1) is 15.0. The van der Waals surface area contributed by atoms with Crippen LogP contribution in [0.2, 0.25) is 0 Å². The minimum absolute atomic E-state index is 0. The Balaban J connectivity index is 0.00000112. The van der Waals surface area contributed by atoms with Gasteiger partial charge in [0.2, 0.25) is 0 Å². The highest BCUT2D eigenvalue weighted by atomic mass is 35.5. The van der Waals surface area contributed by atoms with Crippen LogP contribution in [0.3, 0.4) is 0 Å². The maximum atomic E-state index is 5.76. The molecule has 0 saturated heterocycles. The van der Waals surface area contributed by atoms with Gasteiger partial charge in [-0.1, -0.05) is 12.1 Å². The van der Waals surface area contributed by atoms with Crippen LogP contribution >= 0.6 is 24.8 Å². The summed E-state index contributed by atoms with van der Waals surface area (Å²) in [6.45, 7) is 1.98. The molecule has 0 amide bonds. The van der Waals surface area contributed by atoms with Gasteiger partial charge in [-0.25, -0.2) is 4.98 Å².